The molecule has 6 heterocycles. The molecule has 6 rings (SSSR count). The lowest BCUT2D eigenvalue weighted by Crippen LogP contribution is -2.10. The summed E-state index contributed by atoms with van der Waals surface area (Å²) in [5.74, 6) is 2.65. The maximum atomic E-state index is 10.4. The third-order valence-electron chi connectivity index (χ3n) is 7.11. The molecule has 69 heavy (non-hydrogen) atoms. The molecule has 0 amide bonds. The maximum absolute atomic E-state index is 10.4. The number of hydrogen-bond donors (Lipinski definition) is 0. The summed E-state index contributed by atoms with van der Waals surface area (Å²) in [6.07, 6.45) is -4.00. The first-order valence-corrected chi connectivity index (χ1v) is 27.1. The fourth-order valence-corrected chi connectivity index (χ4v) is 8.01. The second kappa shape index (κ2) is 35.5. The topological polar surface area (TPSA) is 116 Å². The molecule has 0 aliphatic rings. The van der Waals surface area contributed by atoms with E-state index in [1.165, 1.54) is 51.7 Å². The smallest absolute Gasteiger partial charge is 0.249 e. The average molecular weight is 1080 g/mol. The summed E-state index contributed by atoms with van der Waals surface area (Å²) in [5.41, 5.74) is 10.3. The molecule has 18 heteroatoms. The van der Waals surface area contributed by atoms with E-state index in [2.05, 4.69) is 184 Å². The fraction of sp³-hybridized carbons (Fsp3) is 0.706. The Morgan fingerprint density at radius 1 is 0.348 bits per heavy atom. The highest BCUT2D eigenvalue weighted by atomic mass is 32.1. The van der Waals surface area contributed by atoms with Crippen LogP contribution in [-0.4, -0.2) is 49.2 Å². The Kier molecular flexibility index (Phi) is 40.0. The summed E-state index contributed by atoms with van der Waals surface area (Å²) in [4.78, 5) is 25.5. The first-order chi connectivity index (χ1) is 29.8. The number of halogens is 3. The molecule has 0 aliphatic heterocycles. The lowest BCUT2D eigenvalue weighted by atomic mass is 9.93. The molecule has 6 aromatic heterocycles. The van der Waals surface area contributed by atoms with Crippen molar-refractivity contribution in [3.8, 4) is 0 Å². The van der Waals surface area contributed by atoms with Crippen LogP contribution in [0.25, 0.3) is 0 Å². The van der Waals surface area contributed by atoms with E-state index < -0.39 is 6.18 Å². The van der Waals surface area contributed by atoms with Crippen molar-refractivity contribution in [2.45, 2.75) is 241 Å². The van der Waals surface area contributed by atoms with E-state index in [-0.39, 0.29) is 61.7 Å². The first kappa shape index (κ1) is 77.8. The molecule has 0 aliphatic carbocycles. The van der Waals surface area contributed by atoms with Crippen molar-refractivity contribution >= 4 is 68.6 Å². The molecule has 0 atom stereocenters. The third-order valence-corrected chi connectivity index (χ3v) is 12.6. The highest BCUT2D eigenvalue weighted by molar-refractivity contribution is 7.08. The fourth-order valence-electron chi connectivity index (χ4n) is 3.55. The summed E-state index contributed by atoms with van der Waals surface area (Å²) < 4.78 is 43.4. The monoisotopic (exact) mass is 1080 g/mol. The second-order valence-corrected chi connectivity index (χ2v) is 24.8. The molecule has 0 fully saturated rings. The Morgan fingerprint density at radius 3 is 0.580 bits per heavy atom. The molecule has 0 spiro atoms. The van der Waals surface area contributed by atoms with Crippen LogP contribution >= 0.6 is 68.6 Å². The van der Waals surface area contributed by atoms with Crippen molar-refractivity contribution in [3.05, 3.63) is 82.2 Å². The van der Waals surface area contributed by atoms with Crippen LogP contribution in [0.4, 0.5) is 13.2 Å². The third kappa shape index (κ3) is 39.6. The van der Waals surface area contributed by atoms with Crippen molar-refractivity contribution in [2.75, 3.05) is 0 Å². The van der Waals surface area contributed by atoms with E-state index in [4.69, 9.17) is 0 Å². The van der Waals surface area contributed by atoms with Crippen LogP contribution < -0.4 is 0 Å². The Balaban J connectivity index is -0.000000166. The van der Waals surface area contributed by atoms with Crippen LogP contribution in [0.3, 0.4) is 0 Å². The van der Waals surface area contributed by atoms with E-state index in [1.807, 2.05) is 65.0 Å². The highest BCUT2D eigenvalue weighted by Gasteiger charge is 2.20. The zero-order valence-electron chi connectivity index (χ0n) is 45.1. The maximum Gasteiger partial charge on any atom is 0.386 e. The van der Waals surface area contributed by atoms with Gasteiger partial charge in [-0.25, -0.2) is 29.9 Å². The lowest BCUT2D eigenvalue weighted by Gasteiger charge is -2.13. The minimum Gasteiger partial charge on any atom is -0.249 e. The second-order valence-electron chi connectivity index (χ2n) is 20.3. The summed E-state index contributed by atoms with van der Waals surface area (Å²) in [6, 6.07) is 0. The molecule has 0 aromatic carbocycles. The van der Waals surface area contributed by atoms with E-state index in [1.54, 1.807) is 34.0 Å². The van der Waals surface area contributed by atoms with E-state index in [0.717, 1.165) is 32.5 Å². The predicted molar refractivity (Wildman–Crippen MR) is 307 cm³/mol. The Hall–Kier alpha value is -2.64. The van der Waals surface area contributed by atoms with E-state index in [0.29, 0.717) is 0 Å². The van der Waals surface area contributed by atoms with Gasteiger partial charge in [0.2, 0.25) is 0 Å². The molecule has 0 N–H and O–H groups in total. The molecule has 0 radical (unpaired) electrons. The van der Waals surface area contributed by atoms with Gasteiger partial charge in [-0.1, -0.05) is 175 Å². The van der Waals surface area contributed by atoms with Crippen LogP contribution in [-0.2, 0) is 32.5 Å². The number of thiazole rings is 3. The van der Waals surface area contributed by atoms with Crippen molar-refractivity contribution in [3.63, 3.8) is 0 Å². The normalized spacial score (nSPS) is 10.9. The summed E-state index contributed by atoms with van der Waals surface area (Å²) in [5, 5.41) is 9.64. The zero-order chi connectivity index (χ0) is 52.5. The average Bonchev–Trinajstić information content (AvgIpc) is 4.01. The number of aryl methyl sites for hydroxylation is 3. The summed E-state index contributed by atoms with van der Waals surface area (Å²) in [6.45, 7) is 52.8. The molecule has 0 bridgehead atoms. The summed E-state index contributed by atoms with van der Waals surface area (Å²) >= 11 is 9.45. The van der Waals surface area contributed by atoms with Gasteiger partial charge in [-0.15, -0.1) is 34.0 Å². The van der Waals surface area contributed by atoms with Gasteiger partial charge >= 0.3 is 6.18 Å². The molecule has 0 saturated heterocycles. The van der Waals surface area contributed by atoms with Gasteiger partial charge < -0.3 is 0 Å². The largest absolute Gasteiger partial charge is 0.386 e. The lowest BCUT2D eigenvalue weighted by molar-refractivity contribution is -0.110. The Morgan fingerprint density at radius 2 is 0.522 bits per heavy atom. The zero-order valence-corrected chi connectivity index (χ0v) is 50.0. The molecule has 0 saturated carbocycles. The molecule has 0 unspecified atom stereocenters. The Labute approximate surface area is 445 Å². The minimum atomic E-state index is -4.00. The van der Waals surface area contributed by atoms with Crippen molar-refractivity contribution < 1.29 is 13.2 Å². The predicted octanol–water partition coefficient (Wildman–Crippen LogP) is 19.3. The van der Waals surface area contributed by atoms with Gasteiger partial charge in [-0.3, -0.25) is 0 Å². The van der Waals surface area contributed by atoms with Crippen LogP contribution in [0.5, 0.6) is 0 Å². The molecular formula is C51H96F3N9S6. The van der Waals surface area contributed by atoms with Gasteiger partial charge in [0.15, 0.2) is 0 Å². The van der Waals surface area contributed by atoms with Crippen LogP contribution in [0.1, 0.15) is 231 Å². The highest BCUT2D eigenvalue weighted by Crippen LogP contribution is 2.26. The number of rotatable bonds is 0. The van der Waals surface area contributed by atoms with Crippen LogP contribution in [0.15, 0.2) is 32.7 Å². The number of hydrogen-bond acceptors (Lipinski definition) is 15. The van der Waals surface area contributed by atoms with Gasteiger partial charge in [-0.2, -0.15) is 26.3 Å². The van der Waals surface area contributed by atoms with Crippen molar-refractivity contribution in [1.29, 1.82) is 0 Å². The minimum absolute atomic E-state index is 0. The van der Waals surface area contributed by atoms with Gasteiger partial charge in [0, 0.05) is 55.6 Å². The van der Waals surface area contributed by atoms with Crippen molar-refractivity contribution in [2.24, 2.45) is 0 Å². The SMILES string of the molecule is C.C.C.CC.CC.CC(C)(C)c1cscn1.CC(C)(C)c1cscn1.CC(C)(C)c1cscn1.CC(F)(F)F.Cc1nsc(C(C)(C)C)n1.Cc1nsc(C(C)(C)C)n1.Cc1nsc(C(C)(C)C)n1. The van der Waals surface area contributed by atoms with Gasteiger partial charge in [0.25, 0.3) is 0 Å². The van der Waals surface area contributed by atoms with E-state index in [9.17, 15) is 13.2 Å². The Bertz CT molecular complexity index is 1800. The quantitative estimate of drug-likeness (QED) is 0.147. The van der Waals surface area contributed by atoms with Crippen LogP contribution in [0.2, 0.25) is 0 Å². The van der Waals surface area contributed by atoms with E-state index >= 15 is 0 Å². The van der Waals surface area contributed by atoms with Gasteiger partial charge in [0.05, 0.1) is 33.6 Å². The number of nitrogens with zero attached hydrogens (tertiary/aromatic N) is 9. The number of alkyl halides is 3. The standard InChI is InChI=1S/3C7H12N2S.3C7H11NS.C2H3F3.2C2H6.3CH4/c3*1-5-8-6(10-9-5)7(2,3)4;3*1-7(2,3)6-4-9-5-8-6;1-2(3,4)5;2*1-2;;;/h3*1-4H3;3*4-5H,1-3H3;1H3;2*1-2H3;3*1H4. The molecule has 402 valence electrons. The molecular weight excluding hydrogens is 988 g/mol. The summed E-state index contributed by atoms with van der Waals surface area (Å²) in [7, 11) is 0. The van der Waals surface area contributed by atoms with Gasteiger partial charge in [0.1, 0.15) is 32.5 Å². The molecule has 9 nitrogen and oxygen atoms in total. The first-order valence-electron chi connectivity index (χ1n) is 22.0. The molecule has 6 aromatic rings. The van der Waals surface area contributed by atoms with Gasteiger partial charge in [-0.05, 0) is 55.4 Å². The van der Waals surface area contributed by atoms with Crippen LogP contribution in [0, 0.1) is 20.8 Å². The van der Waals surface area contributed by atoms with Crippen molar-refractivity contribution in [1.82, 2.24) is 43.0 Å². The number of aromatic nitrogens is 9.